The predicted octanol–water partition coefficient (Wildman–Crippen LogP) is 4.11. The molecule has 0 radical (unpaired) electrons. The lowest BCUT2D eigenvalue weighted by Gasteiger charge is -2.36. The molecule has 0 bridgehead atoms. The van der Waals surface area contributed by atoms with Gasteiger partial charge in [-0.25, -0.2) is 4.39 Å². The van der Waals surface area contributed by atoms with Gasteiger partial charge in [-0.3, -0.25) is 0 Å². The lowest BCUT2D eigenvalue weighted by Crippen LogP contribution is -2.38. The SMILES string of the molecule is CCCNC(c1cc(F)ccc1OC)C1SCCSC1C. The number of benzene rings is 1. The number of hydrogen-bond acceptors (Lipinski definition) is 4. The molecule has 3 unspecified atom stereocenters. The Morgan fingerprint density at radius 2 is 2.14 bits per heavy atom. The Morgan fingerprint density at radius 1 is 1.38 bits per heavy atom. The van der Waals surface area contributed by atoms with Gasteiger partial charge in [0.1, 0.15) is 11.6 Å². The summed E-state index contributed by atoms with van der Waals surface area (Å²) < 4.78 is 19.2. The van der Waals surface area contributed by atoms with Crippen LogP contribution in [0.1, 0.15) is 31.9 Å². The van der Waals surface area contributed by atoms with Gasteiger partial charge in [0.15, 0.2) is 0 Å². The molecule has 1 aromatic carbocycles. The van der Waals surface area contributed by atoms with Crippen molar-refractivity contribution in [3.63, 3.8) is 0 Å². The smallest absolute Gasteiger partial charge is 0.123 e. The molecule has 2 rings (SSSR count). The Hall–Kier alpha value is -0.390. The molecule has 1 aliphatic rings. The van der Waals surface area contributed by atoms with E-state index in [2.05, 4.69) is 19.2 Å². The first-order valence-electron chi connectivity index (χ1n) is 7.47. The summed E-state index contributed by atoms with van der Waals surface area (Å²) >= 11 is 3.99. The third-order valence-electron chi connectivity index (χ3n) is 3.71. The molecule has 2 nitrogen and oxygen atoms in total. The zero-order valence-electron chi connectivity index (χ0n) is 12.9. The van der Waals surface area contributed by atoms with Gasteiger partial charge in [-0.05, 0) is 31.2 Å². The molecule has 1 heterocycles. The predicted molar refractivity (Wildman–Crippen MR) is 92.2 cm³/mol. The van der Waals surface area contributed by atoms with Crippen LogP contribution in [-0.4, -0.2) is 35.7 Å². The molecule has 1 N–H and O–H groups in total. The van der Waals surface area contributed by atoms with Crippen LogP contribution < -0.4 is 10.1 Å². The molecule has 0 amide bonds. The monoisotopic (exact) mass is 329 g/mol. The van der Waals surface area contributed by atoms with Crippen molar-refractivity contribution in [3.8, 4) is 5.75 Å². The van der Waals surface area contributed by atoms with Crippen LogP contribution in [0.2, 0.25) is 0 Å². The quantitative estimate of drug-likeness (QED) is 0.847. The van der Waals surface area contributed by atoms with Crippen molar-refractivity contribution in [2.75, 3.05) is 25.2 Å². The highest BCUT2D eigenvalue weighted by molar-refractivity contribution is 8.07. The van der Waals surface area contributed by atoms with Crippen LogP contribution in [0.5, 0.6) is 5.75 Å². The molecular formula is C16H24FNOS2. The van der Waals surface area contributed by atoms with Gasteiger partial charge >= 0.3 is 0 Å². The van der Waals surface area contributed by atoms with Gasteiger partial charge in [-0.1, -0.05) is 13.8 Å². The summed E-state index contributed by atoms with van der Waals surface area (Å²) in [5.41, 5.74) is 0.942. The zero-order chi connectivity index (χ0) is 15.2. The Morgan fingerprint density at radius 3 is 2.81 bits per heavy atom. The Balaban J connectivity index is 2.32. The summed E-state index contributed by atoms with van der Waals surface area (Å²) in [4.78, 5) is 0. The molecule has 1 aromatic rings. The van der Waals surface area contributed by atoms with Crippen LogP contribution in [0.25, 0.3) is 0 Å². The molecule has 0 spiro atoms. The Labute approximate surface area is 135 Å². The van der Waals surface area contributed by atoms with Gasteiger partial charge < -0.3 is 10.1 Å². The number of nitrogens with one attached hydrogen (secondary N) is 1. The summed E-state index contributed by atoms with van der Waals surface area (Å²) in [5, 5.41) is 4.59. The van der Waals surface area contributed by atoms with E-state index in [4.69, 9.17) is 4.74 Å². The van der Waals surface area contributed by atoms with Crippen molar-refractivity contribution in [2.24, 2.45) is 0 Å². The first kappa shape index (κ1) is 17.0. The third kappa shape index (κ3) is 4.30. The first-order chi connectivity index (χ1) is 10.2. The number of halogens is 1. The number of thioether (sulfide) groups is 2. The van der Waals surface area contributed by atoms with Gasteiger partial charge in [0.2, 0.25) is 0 Å². The van der Waals surface area contributed by atoms with E-state index in [-0.39, 0.29) is 11.9 Å². The lowest BCUT2D eigenvalue weighted by molar-refractivity contribution is 0.394. The van der Waals surface area contributed by atoms with Crippen molar-refractivity contribution in [3.05, 3.63) is 29.6 Å². The minimum absolute atomic E-state index is 0.128. The van der Waals surface area contributed by atoms with E-state index in [0.717, 1.165) is 30.0 Å². The molecular weight excluding hydrogens is 305 g/mol. The van der Waals surface area contributed by atoms with Crippen molar-refractivity contribution in [2.45, 2.75) is 36.8 Å². The molecule has 0 saturated carbocycles. The fourth-order valence-corrected chi connectivity index (χ4v) is 5.61. The number of ether oxygens (including phenoxy) is 1. The highest BCUT2D eigenvalue weighted by Crippen LogP contribution is 2.41. The molecule has 0 aliphatic carbocycles. The third-order valence-corrected chi connectivity index (χ3v) is 6.90. The minimum atomic E-state index is -0.199. The van der Waals surface area contributed by atoms with Crippen LogP contribution in [-0.2, 0) is 0 Å². The van der Waals surface area contributed by atoms with Gasteiger partial charge in [-0.2, -0.15) is 23.5 Å². The maximum absolute atomic E-state index is 13.7. The summed E-state index contributed by atoms with van der Waals surface area (Å²) in [7, 11) is 1.65. The van der Waals surface area contributed by atoms with E-state index in [9.17, 15) is 4.39 Å². The second kappa shape index (κ2) is 8.30. The number of rotatable bonds is 6. The Bertz CT molecular complexity index is 458. The molecule has 118 valence electrons. The Kier molecular flexibility index (Phi) is 6.71. The summed E-state index contributed by atoms with van der Waals surface area (Å²) in [6.45, 7) is 5.35. The fraction of sp³-hybridized carbons (Fsp3) is 0.625. The average Bonchev–Trinajstić information content (AvgIpc) is 2.49. The largest absolute Gasteiger partial charge is 0.496 e. The van der Waals surface area contributed by atoms with Gasteiger partial charge in [0.05, 0.1) is 7.11 Å². The minimum Gasteiger partial charge on any atom is -0.496 e. The number of methoxy groups -OCH3 is 1. The summed E-state index contributed by atoms with van der Waals surface area (Å²) in [6.07, 6.45) is 1.06. The average molecular weight is 330 g/mol. The lowest BCUT2D eigenvalue weighted by atomic mass is 10.00. The normalized spacial score (nSPS) is 23.8. The van der Waals surface area contributed by atoms with E-state index in [1.54, 1.807) is 19.2 Å². The van der Waals surface area contributed by atoms with Crippen molar-refractivity contribution < 1.29 is 9.13 Å². The first-order valence-corrected chi connectivity index (χ1v) is 9.57. The van der Waals surface area contributed by atoms with E-state index < -0.39 is 0 Å². The topological polar surface area (TPSA) is 21.3 Å². The van der Waals surface area contributed by atoms with Crippen LogP contribution >= 0.6 is 23.5 Å². The maximum atomic E-state index is 13.7. The van der Waals surface area contributed by atoms with E-state index in [1.807, 2.05) is 23.5 Å². The molecule has 1 aliphatic heterocycles. The van der Waals surface area contributed by atoms with Crippen LogP contribution in [0, 0.1) is 5.82 Å². The second-order valence-electron chi connectivity index (χ2n) is 5.23. The summed E-state index contributed by atoms with van der Waals surface area (Å²) in [6, 6.07) is 4.95. The van der Waals surface area contributed by atoms with E-state index in [0.29, 0.717) is 10.5 Å². The second-order valence-corrected chi connectivity index (χ2v) is 8.00. The molecule has 21 heavy (non-hydrogen) atoms. The fourth-order valence-electron chi connectivity index (χ4n) is 2.67. The van der Waals surface area contributed by atoms with Crippen molar-refractivity contribution >= 4 is 23.5 Å². The zero-order valence-corrected chi connectivity index (χ0v) is 14.5. The van der Waals surface area contributed by atoms with Gasteiger partial charge in [0.25, 0.3) is 0 Å². The van der Waals surface area contributed by atoms with Gasteiger partial charge in [-0.15, -0.1) is 0 Å². The van der Waals surface area contributed by atoms with Crippen LogP contribution in [0.3, 0.4) is 0 Å². The molecule has 1 fully saturated rings. The molecule has 0 aromatic heterocycles. The van der Waals surface area contributed by atoms with Gasteiger partial charge in [0, 0.05) is 33.6 Å². The molecule has 3 atom stereocenters. The summed E-state index contributed by atoms with van der Waals surface area (Å²) in [5.74, 6) is 2.92. The standard InChI is InChI=1S/C16H24FNOS2/c1-4-7-18-15(16-11(2)20-8-9-21-16)13-10-12(17)5-6-14(13)19-3/h5-6,10-11,15-16,18H,4,7-9H2,1-3H3. The van der Waals surface area contributed by atoms with Crippen LogP contribution in [0.15, 0.2) is 18.2 Å². The van der Waals surface area contributed by atoms with Crippen molar-refractivity contribution in [1.29, 1.82) is 0 Å². The van der Waals surface area contributed by atoms with E-state index >= 15 is 0 Å². The maximum Gasteiger partial charge on any atom is 0.123 e. The number of hydrogen-bond donors (Lipinski definition) is 1. The molecule has 5 heteroatoms. The highest BCUT2D eigenvalue weighted by atomic mass is 32.2. The van der Waals surface area contributed by atoms with Crippen LogP contribution in [0.4, 0.5) is 4.39 Å². The highest BCUT2D eigenvalue weighted by Gasteiger charge is 2.32. The molecule has 1 saturated heterocycles. The van der Waals surface area contributed by atoms with E-state index in [1.165, 1.54) is 11.8 Å². The van der Waals surface area contributed by atoms with Crippen molar-refractivity contribution in [1.82, 2.24) is 5.32 Å².